The number of nitro groups is 1. The highest BCUT2D eigenvalue weighted by molar-refractivity contribution is 6.26. The number of amides is 3. The van der Waals surface area contributed by atoms with E-state index in [4.69, 9.17) is 0 Å². The number of aryl methyl sites for hydroxylation is 2. The number of hydrogen-bond donors (Lipinski definition) is 1. The molecule has 4 unspecified atom stereocenters. The number of non-ortho nitro benzene ring substituents is 1. The number of benzene rings is 2. The van der Waals surface area contributed by atoms with Crippen LogP contribution in [0.15, 0.2) is 36.4 Å². The van der Waals surface area contributed by atoms with Crippen LogP contribution in [0.3, 0.4) is 0 Å². The molecule has 9 heteroatoms. The van der Waals surface area contributed by atoms with Gasteiger partial charge in [0.1, 0.15) is 5.54 Å². The van der Waals surface area contributed by atoms with Gasteiger partial charge in [-0.05, 0) is 50.9 Å². The predicted octanol–water partition coefficient (Wildman–Crippen LogP) is 2.64. The molecule has 0 bridgehead atoms. The van der Waals surface area contributed by atoms with Crippen LogP contribution >= 0.6 is 0 Å². The van der Waals surface area contributed by atoms with Crippen molar-refractivity contribution >= 4 is 34.8 Å². The number of nitro benzene ring substituents is 1. The summed E-state index contributed by atoms with van der Waals surface area (Å²) >= 11 is 0. The van der Waals surface area contributed by atoms with Crippen molar-refractivity contribution in [2.45, 2.75) is 38.3 Å². The van der Waals surface area contributed by atoms with Crippen LogP contribution in [-0.2, 0) is 19.9 Å². The van der Waals surface area contributed by atoms with Crippen LogP contribution in [0.2, 0.25) is 0 Å². The summed E-state index contributed by atoms with van der Waals surface area (Å²) in [5, 5.41) is 14.1. The highest BCUT2D eigenvalue weighted by atomic mass is 16.6. The molecule has 33 heavy (non-hydrogen) atoms. The lowest BCUT2D eigenvalue weighted by Gasteiger charge is -2.36. The van der Waals surface area contributed by atoms with Crippen molar-refractivity contribution in [1.82, 2.24) is 4.90 Å². The van der Waals surface area contributed by atoms with E-state index in [9.17, 15) is 24.5 Å². The van der Waals surface area contributed by atoms with Gasteiger partial charge in [-0.3, -0.25) is 29.4 Å². The van der Waals surface area contributed by atoms with Crippen LogP contribution < -0.4 is 10.2 Å². The van der Waals surface area contributed by atoms with E-state index in [1.54, 1.807) is 6.92 Å². The van der Waals surface area contributed by atoms with Gasteiger partial charge in [0.2, 0.25) is 17.7 Å². The van der Waals surface area contributed by atoms with Gasteiger partial charge in [-0.25, -0.2) is 4.90 Å². The third-order valence-electron chi connectivity index (χ3n) is 7.78. The third-order valence-corrected chi connectivity index (χ3v) is 7.78. The first-order valence-electron chi connectivity index (χ1n) is 11.1. The standard InChI is InChI=1S/C24H22N4O5/c1-12-5-7-16-15(10-12)24(23(31)25-16)20-19(18-4-3-9-26(18)24)21(29)27(22(20)30)17-8-6-14(28(32)33)11-13(17)2/h5-8,10-11,18-20H,3-4,9H2,1-2H3,(H,25,31). The number of carbonyl (C=O) groups is 3. The molecule has 1 spiro atoms. The number of rotatable bonds is 2. The number of anilines is 2. The zero-order valence-corrected chi connectivity index (χ0v) is 18.2. The van der Waals surface area contributed by atoms with E-state index < -0.39 is 28.2 Å². The Hall–Kier alpha value is -3.59. The molecule has 0 aromatic heterocycles. The lowest BCUT2D eigenvalue weighted by atomic mass is 9.75. The van der Waals surface area contributed by atoms with Crippen molar-refractivity contribution in [3.8, 4) is 0 Å². The molecule has 6 rings (SSSR count). The van der Waals surface area contributed by atoms with Crippen molar-refractivity contribution in [1.29, 1.82) is 0 Å². The summed E-state index contributed by atoms with van der Waals surface area (Å²) in [5.41, 5.74) is 1.90. The van der Waals surface area contributed by atoms with Crippen molar-refractivity contribution < 1.29 is 19.3 Å². The molecule has 1 N–H and O–H groups in total. The summed E-state index contributed by atoms with van der Waals surface area (Å²) < 4.78 is 0. The van der Waals surface area contributed by atoms with E-state index in [1.807, 2.05) is 25.1 Å². The normalized spacial score (nSPS) is 30.1. The average molecular weight is 446 g/mol. The molecule has 9 nitrogen and oxygen atoms in total. The Morgan fingerprint density at radius 3 is 2.61 bits per heavy atom. The Morgan fingerprint density at radius 1 is 1.09 bits per heavy atom. The lowest BCUT2D eigenvalue weighted by molar-refractivity contribution is -0.384. The van der Waals surface area contributed by atoms with Gasteiger partial charge in [-0.1, -0.05) is 17.7 Å². The topological polar surface area (TPSA) is 113 Å². The van der Waals surface area contributed by atoms with Gasteiger partial charge in [0.15, 0.2) is 0 Å². The fourth-order valence-corrected chi connectivity index (χ4v) is 6.56. The maximum absolute atomic E-state index is 14.0. The summed E-state index contributed by atoms with van der Waals surface area (Å²) in [6.07, 6.45) is 1.59. The van der Waals surface area contributed by atoms with Gasteiger partial charge in [0.05, 0.1) is 22.4 Å². The van der Waals surface area contributed by atoms with Crippen molar-refractivity contribution in [2.24, 2.45) is 11.8 Å². The molecular formula is C24H22N4O5. The fourth-order valence-electron chi connectivity index (χ4n) is 6.56. The molecule has 2 aromatic rings. The number of nitrogens with one attached hydrogen (secondary N) is 1. The second-order valence-corrected chi connectivity index (χ2v) is 9.42. The molecule has 4 aliphatic heterocycles. The van der Waals surface area contributed by atoms with Crippen LogP contribution in [0.25, 0.3) is 0 Å². The maximum Gasteiger partial charge on any atom is 0.269 e. The van der Waals surface area contributed by atoms with Gasteiger partial charge in [0.25, 0.3) is 5.69 Å². The average Bonchev–Trinajstić information content (AvgIpc) is 3.47. The zero-order valence-electron chi connectivity index (χ0n) is 18.2. The molecule has 2 aromatic carbocycles. The summed E-state index contributed by atoms with van der Waals surface area (Å²) in [5.74, 6) is -2.48. The summed E-state index contributed by atoms with van der Waals surface area (Å²) in [4.78, 5) is 55.2. The van der Waals surface area contributed by atoms with E-state index in [1.165, 1.54) is 18.2 Å². The van der Waals surface area contributed by atoms with Crippen LogP contribution in [-0.4, -0.2) is 40.1 Å². The van der Waals surface area contributed by atoms with E-state index in [0.29, 0.717) is 23.5 Å². The first-order valence-corrected chi connectivity index (χ1v) is 11.1. The number of fused-ring (bicyclic) bond motifs is 7. The highest BCUT2D eigenvalue weighted by Crippen LogP contribution is 2.60. The molecule has 4 aliphatic rings. The molecule has 3 amide bonds. The second-order valence-electron chi connectivity index (χ2n) is 9.42. The summed E-state index contributed by atoms with van der Waals surface area (Å²) in [6, 6.07) is 9.64. The molecular weight excluding hydrogens is 424 g/mol. The Kier molecular flexibility index (Phi) is 3.93. The Balaban J connectivity index is 1.53. The van der Waals surface area contributed by atoms with Gasteiger partial charge < -0.3 is 5.32 Å². The van der Waals surface area contributed by atoms with E-state index in [0.717, 1.165) is 28.9 Å². The smallest absolute Gasteiger partial charge is 0.269 e. The lowest BCUT2D eigenvalue weighted by Crippen LogP contribution is -2.54. The van der Waals surface area contributed by atoms with Crippen LogP contribution in [0.4, 0.5) is 17.1 Å². The van der Waals surface area contributed by atoms with Crippen LogP contribution in [0, 0.1) is 35.8 Å². The SMILES string of the molecule is Cc1ccc2c(c1)C1(C(=O)N2)C2C(=O)N(c3ccc([N+](=O)[O-])cc3C)C(=O)C2C2CCCN21. The van der Waals surface area contributed by atoms with Gasteiger partial charge in [-0.15, -0.1) is 0 Å². The quantitative estimate of drug-likeness (QED) is 0.431. The number of hydrogen-bond acceptors (Lipinski definition) is 6. The predicted molar refractivity (Wildman–Crippen MR) is 119 cm³/mol. The minimum atomic E-state index is -1.22. The second kappa shape index (κ2) is 6.48. The minimum Gasteiger partial charge on any atom is -0.324 e. The maximum atomic E-state index is 14.0. The van der Waals surface area contributed by atoms with Crippen molar-refractivity contribution in [2.75, 3.05) is 16.8 Å². The highest BCUT2D eigenvalue weighted by Gasteiger charge is 2.74. The number of imide groups is 1. The minimum absolute atomic E-state index is 0.103. The Bertz CT molecular complexity index is 1290. The summed E-state index contributed by atoms with van der Waals surface area (Å²) in [6.45, 7) is 4.24. The molecule has 4 atom stereocenters. The van der Waals surface area contributed by atoms with Gasteiger partial charge in [-0.2, -0.15) is 0 Å². The number of carbonyl (C=O) groups excluding carboxylic acids is 3. The molecule has 0 aliphatic carbocycles. The van der Waals surface area contributed by atoms with E-state index in [2.05, 4.69) is 10.2 Å². The third kappa shape index (κ3) is 2.32. The van der Waals surface area contributed by atoms with E-state index >= 15 is 0 Å². The fraction of sp³-hybridized carbons (Fsp3) is 0.375. The summed E-state index contributed by atoms with van der Waals surface area (Å²) in [7, 11) is 0. The first-order chi connectivity index (χ1) is 15.8. The molecule has 0 radical (unpaired) electrons. The van der Waals surface area contributed by atoms with Crippen LogP contribution in [0.5, 0.6) is 0 Å². The zero-order chi connectivity index (χ0) is 23.2. The number of nitrogens with zero attached hydrogens (tertiary/aromatic N) is 3. The molecule has 3 saturated heterocycles. The monoisotopic (exact) mass is 446 g/mol. The molecule has 168 valence electrons. The Labute approximate surface area is 189 Å². The van der Waals surface area contributed by atoms with Gasteiger partial charge >= 0.3 is 0 Å². The molecule has 3 fully saturated rings. The van der Waals surface area contributed by atoms with Crippen molar-refractivity contribution in [3.05, 3.63) is 63.2 Å². The van der Waals surface area contributed by atoms with E-state index in [-0.39, 0.29) is 23.5 Å². The molecule has 0 saturated carbocycles. The largest absolute Gasteiger partial charge is 0.324 e. The Morgan fingerprint density at radius 2 is 1.88 bits per heavy atom. The molecule has 4 heterocycles. The van der Waals surface area contributed by atoms with Crippen molar-refractivity contribution in [3.63, 3.8) is 0 Å². The first kappa shape index (κ1) is 20.0. The van der Waals surface area contributed by atoms with Crippen LogP contribution in [0.1, 0.15) is 29.5 Å². The van der Waals surface area contributed by atoms with Gasteiger partial charge in [0, 0.05) is 29.4 Å².